The van der Waals surface area contributed by atoms with E-state index in [1.54, 1.807) is 6.20 Å². The first-order chi connectivity index (χ1) is 17.5. The standard InChI is InChI=1S/C27H31N5O4/c1-36-26(34)20(14-18-6-7-24-21(15-18)17-28-30-24)16-25(33)31-11-9-22(10-12-31)32-13-8-19-4-2-3-5-23(19)29-27(32)35/h2-7,15,17,20,22H,8-14,16H2,1H3,(H,28,30)(H,29,35). The lowest BCUT2D eigenvalue weighted by Crippen LogP contribution is -2.50. The highest BCUT2D eigenvalue weighted by molar-refractivity contribution is 5.91. The number of ether oxygens (including phenoxy) is 1. The summed E-state index contributed by atoms with van der Waals surface area (Å²) in [5.41, 5.74) is 3.90. The van der Waals surface area contributed by atoms with Crippen LogP contribution in [0, 0.1) is 5.92 Å². The maximum Gasteiger partial charge on any atom is 0.322 e. The molecule has 1 atom stereocenters. The first-order valence-electron chi connectivity index (χ1n) is 12.4. The molecule has 2 aliphatic rings. The second-order valence-electron chi connectivity index (χ2n) is 9.56. The Morgan fingerprint density at radius 2 is 1.94 bits per heavy atom. The molecule has 1 fully saturated rings. The van der Waals surface area contributed by atoms with E-state index in [2.05, 4.69) is 15.5 Å². The predicted molar refractivity (Wildman–Crippen MR) is 135 cm³/mol. The Morgan fingerprint density at radius 1 is 1.14 bits per heavy atom. The molecule has 3 amide bonds. The molecule has 2 aromatic carbocycles. The maximum absolute atomic E-state index is 13.2. The van der Waals surface area contributed by atoms with Gasteiger partial charge in [-0.3, -0.25) is 14.7 Å². The van der Waals surface area contributed by atoms with Crippen LogP contribution in [0.4, 0.5) is 10.5 Å². The number of hydrogen-bond donors (Lipinski definition) is 2. The SMILES string of the molecule is COC(=O)C(CC(=O)N1CCC(N2CCc3ccccc3NC2=O)CC1)Cc1ccc2[nH]ncc2c1. The number of anilines is 1. The van der Waals surface area contributed by atoms with Gasteiger partial charge in [0.15, 0.2) is 0 Å². The minimum Gasteiger partial charge on any atom is -0.469 e. The molecule has 0 spiro atoms. The van der Waals surface area contributed by atoms with Crippen LogP contribution in [0.25, 0.3) is 10.9 Å². The van der Waals surface area contributed by atoms with Crippen molar-refractivity contribution in [1.82, 2.24) is 20.0 Å². The van der Waals surface area contributed by atoms with Gasteiger partial charge in [-0.05, 0) is 55.0 Å². The molecule has 3 heterocycles. The largest absolute Gasteiger partial charge is 0.469 e. The molecule has 0 aliphatic carbocycles. The van der Waals surface area contributed by atoms with Gasteiger partial charge in [0.05, 0.1) is 24.7 Å². The van der Waals surface area contributed by atoms with Crippen molar-refractivity contribution in [2.45, 2.75) is 38.1 Å². The Labute approximate surface area is 209 Å². The summed E-state index contributed by atoms with van der Waals surface area (Å²) in [5, 5.41) is 10.9. The number of amides is 3. The van der Waals surface area contributed by atoms with E-state index in [-0.39, 0.29) is 30.4 Å². The van der Waals surface area contributed by atoms with Gasteiger partial charge in [0.2, 0.25) is 5.91 Å². The summed E-state index contributed by atoms with van der Waals surface area (Å²) >= 11 is 0. The molecule has 0 bridgehead atoms. The molecule has 0 saturated carbocycles. The van der Waals surface area contributed by atoms with E-state index in [0.717, 1.165) is 47.0 Å². The third-order valence-electron chi connectivity index (χ3n) is 7.34. The number of aromatic nitrogens is 2. The van der Waals surface area contributed by atoms with E-state index < -0.39 is 5.92 Å². The lowest BCUT2D eigenvalue weighted by molar-refractivity contribution is -0.149. The van der Waals surface area contributed by atoms with Crippen LogP contribution in [0.5, 0.6) is 0 Å². The molecule has 2 N–H and O–H groups in total. The smallest absolute Gasteiger partial charge is 0.322 e. The number of piperidine rings is 1. The van der Waals surface area contributed by atoms with Crippen LogP contribution in [0.1, 0.15) is 30.4 Å². The van der Waals surface area contributed by atoms with E-state index in [9.17, 15) is 14.4 Å². The van der Waals surface area contributed by atoms with Crippen LogP contribution in [0.15, 0.2) is 48.7 Å². The number of likely N-dealkylation sites (tertiary alicyclic amines) is 1. The Morgan fingerprint density at radius 3 is 2.75 bits per heavy atom. The number of hydrogen-bond acceptors (Lipinski definition) is 5. The van der Waals surface area contributed by atoms with Crippen LogP contribution in [0.2, 0.25) is 0 Å². The highest BCUT2D eigenvalue weighted by Gasteiger charge is 2.33. The van der Waals surface area contributed by atoms with Crippen LogP contribution in [-0.2, 0) is 27.2 Å². The minimum absolute atomic E-state index is 0.0547. The van der Waals surface area contributed by atoms with E-state index in [4.69, 9.17) is 4.74 Å². The fourth-order valence-corrected chi connectivity index (χ4v) is 5.31. The van der Waals surface area contributed by atoms with Crippen LogP contribution in [-0.4, -0.2) is 70.7 Å². The van der Waals surface area contributed by atoms with Crippen molar-refractivity contribution in [2.75, 3.05) is 32.1 Å². The number of nitrogens with one attached hydrogen (secondary N) is 2. The van der Waals surface area contributed by atoms with Gasteiger partial charge >= 0.3 is 12.0 Å². The molecule has 1 unspecified atom stereocenters. The Hall–Kier alpha value is -3.88. The second kappa shape index (κ2) is 10.4. The van der Waals surface area contributed by atoms with Crippen molar-refractivity contribution in [2.24, 2.45) is 5.92 Å². The molecule has 3 aromatic rings. The van der Waals surface area contributed by atoms with Gasteiger partial charge < -0.3 is 19.9 Å². The van der Waals surface area contributed by atoms with Crippen molar-refractivity contribution in [3.05, 3.63) is 59.8 Å². The summed E-state index contributed by atoms with van der Waals surface area (Å²) < 4.78 is 5.01. The highest BCUT2D eigenvalue weighted by atomic mass is 16.5. The van der Waals surface area contributed by atoms with Crippen molar-refractivity contribution in [3.8, 4) is 0 Å². The lowest BCUT2D eigenvalue weighted by atomic mass is 9.94. The number of benzene rings is 2. The Bertz CT molecular complexity index is 1260. The zero-order valence-corrected chi connectivity index (χ0v) is 20.4. The fraction of sp³-hybridized carbons (Fsp3) is 0.407. The average molecular weight is 490 g/mol. The Balaban J connectivity index is 1.18. The molecule has 5 rings (SSSR count). The summed E-state index contributed by atoms with van der Waals surface area (Å²) in [6.45, 7) is 1.79. The normalized spacial score (nSPS) is 17.3. The van der Waals surface area contributed by atoms with Gasteiger partial charge in [-0.25, -0.2) is 4.79 Å². The topological polar surface area (TPSA) is 108 Å². The molecular formula is C27H31N5O4. The zero-order chi connectivity index (χ0) is 25.1. The maximum atomic E-state index is 13.2. The summed E-state index contributed by atoms with van der Waals surface area (Å²) in [6.07, 6.45) is 4.50. The van der Waals surface area contributed by atoms with Crippen molar-refractivity contribution in [3.63, 3.8) is 0 Å². The number of fused-ring (bicyclic) bond motifs is 2. The van der Waals surface area contributed by atoms with Gasteiger partial charge in [0.25, 0.3) is 0 Å². The highest BCUT2D eigenvalue weighted by Crippen LogP contribution is 2.26. The molecule has 9 heteroatoms. The molecule has 0 radical (unpaired) electrons. The zero-order valence-electron chi connectivity index (χ0n) is 20.4. The molecule has 188 valence electrons. The van der Waals surface area contributed by atoms with Gasteiger partial charge in [0, 0.05) is 43.2 Å². The van der Waals surface area contributed by atoms with Crippen LogP contribution >= 0.6 is 0 Å². The van der Waals surface area contributed by atoms with E-state index in [1.165, 1.54) is 7.11 Å². The number of urea groups is 1. The van der Waals surface area contributed by atoms with E-state index in [0.29, 0.717) is 26.1 Å². The van der Waals surface area contributed by atoms with Crippen LogP contribution < -0.4 is 5.32 Å². The average Bonchev–Trinajstić information content (AvgIpc) is 3.30. The fourth-order valence-electron chi connectivity index (χ4n) is 5.31. The van der Waals surface area contributed by atoms with Crippen molar-refractivity contribution in [1.29, 1.82) is 0 Å². The second-order valence-corrected chi connectivity index (χ2v) is 9.56. The first kappa shape index (κ1) is 23.8. The number of aromatic amines is 1. The summed E-state index contributed by atoms with van der Waals surface area (Å²) in [5.74, 6) is -0.994. The quantitative estimate of drug-likeness (QED) is 0.516. The summed E-state index contributed by atoms with van der Waals surface area (Å²) in [7, 11) is 1.36. The number of carbonyl (C=O) groups is 3. The van der Waals surface area contributed by atoms with Crippen LogP contribution in [0.3, 0.4) is 0 Å². The monoisotopic (exact) mass is 489 g/mol. The Kier molecular flexibility index (Phi) is 6.88. The number of para-hydroxylation sites is 1. The molecule has 1 saturated heterocycles. The minimum atomic E-state index is -0.556. The predicted octanol–water partition coefficient (Wildman–Crippen LogP) is 3.37. The van der Waals surface area contributed by atoms with Gasteiger partial charge in [0.1, 0.15) is 0 Å². The number of carbonyl (C=O) groups excluding carboxylic acids is 3. The van der Waals surface area contributed by atoms with Gasteiger partial charge in [-0.1, -0.05) is 24.3 Å². The van der Waals surface area contributed by atoms with Crippen molar-refractivity contribution < 1.29 is 19.1 Å². The summed E-state index contributed by atoms with van der Waals surface area (Å²) in [4.78, 5) is 42.2. The number of H-pyrrole nitrogens is 1. The third kappa shape index (κ3) is 5.05. The number of rotatable bonds is 6. The van der Waals surface area contributed by atoms with Gasteiger partial charge in [-0.15, -0.1) is 0 Å². The number of esters is 1. The van der Waals surface area contributed by atoms with E-state index in [1.807, 2.05) is 52.3 Å². The number of methoxy groups -OCH3 is 1. The molecule has 9 nitrogen and oxygen atoms in total. The first-order valence-corrected chi connectivity index (χ1v) is 12.4. The number of nitrogens with zero attached hydrogens (tertiary/aromatic N) is 3. The third-order valence-corrected chi connectivity index (χ3v) is 7.34. The molecule has 2 aliphatic heterocycles. The van der Waals surface area contributed by atoms with Gasteiger partial charge in [-0.2, -0.15) is 5.10 Å². The molecule has 36 heavy (non-hydrogen) atoms. The van der Waals surface area contributed by atoms with Crippen molar-refractivity contribution >= 4 is 34.5 Å². The molecule has 1 aromatic heterocycles. The lowest BCUT2D eigenvalue weighted by Gasteiger charge is -2.38. The summed E-state index contributed by atoms with van der Waals surface area (Å²) in [6, 6.07) is 13.8. The molecular weight excluding hydrogens is 458 g/mol. The van der Waals surface area contributed by atoms with E-state index >= 15 is 0 Å².